The van der Waals surface area contributed by atoms with Gasteiger partial charge in [-0.2, -0.15) is 4.98 Å². The lowest BCUT2D eigenvalue weighted by Crippen LogP contribution is -1.97. The van der Waals surface area contributed by atoms with Crippen LogP contribution in [0.25, 0.3) is 11.0 Å². The predicted octanol–water partition coefficient (Wildman–Crippen LogP) is 3.30. The van der Waals surface area contributed by atoms with Gasteiger partial charge >= 0.3 is 0 Å². The van der Waals surface area contributed by atoms with Gasteiger partial charge in [-0.25, -0.2) is 0 Å². The number of nitrogens with zero attached hydrogens (tertiary/aromatic N) is 2. The zero-order chi connectivity index (χ0) is 13.8. The number of hydrogen-bond acceptors (Lipinski definition) is 4. The summed E-state index contributed by atoms with van der Waals surface area (Å²) in [6.45, 7) is 0.376. The van der Waals surface area contributed by atoms with Gasteiger partial charge in [-0.05, 0) is 11.6 Å². The minimum atomic E-state index is 0.376. The van der Waals surface area contributed by atoms with Crippen LogP contribution in [0.2, 0.25) is 0 Å². The first kappa shape index (κ1) is 12.6. The maximum absolute atomic E-state index is 11.1. The van der Waals surface area contributed by atoms with Crippen LogP contribution in [0.3, 0.4) is 0 Å². The summed E-state index contributed by atoms with van der Waals surface area (Å²) >= 11 is 1.47. The maximum Gasteiger partial charge on any atom is 0.244 e. The van der Waals surface area contributed by atoms with Gasteiger partial charge in [0.1, 0.15) is 6.61 Å². The molecular weight excluding hydrogens is 272 g/mol. The molecule has 2 aromatic heterocycles. The third-order valence-electron chi connectivity index (χ3n) is 2.80. The topological polar surface area (TPSA) is 43.6 Å². The van der Waals surface area contributed by atoms with Gasteiger partial charge in [0.05, 0.1) is 0 Å². The zero-order valence-corrected chi connectivity index (χ0v) is 11.4. The van der Waals surface area contributed by atoms with Crippen molar-refractivity contribution in [2.45, 2.75) is 0 Å². The van der Waals surface area contributed by atoms with Gasteiger partial charge in [0.25, 0.3) is 0 Å². The molecule has 0 saturated carbocycles. The molecule has 0 radical (unpaired) electrons. The molecule has 4 nitrogen and oxygen atoms in total. The Morgan fingerprint density at radius 2 is 2.15 bits per heavy atom. The molecule has 0 saturated heterocycles. The largest absolute Gasteiger partial charge is 0.472 e. The molecule has 0 spiro atoms. The number of hydrogen-bond donors (Lipinski definition) is 0. The Kier molecular flexibility index (Phi) is 3.60. The van der Waals surface area contributed by atoms with E-state index in [4.69, 9.17) is 4.74 Å². The molecule has 0 unspecified atom stereocenters. The second kappa shape index (κ2) is 5.71. The number of carbonyl (C=O) groups excluding carboxylic acids is 1. The number of imidazole rings is 1. The van der Waals surface area contributed by atoms with Gasteiger partial charge in [-0.3, -0.25) is 9.20 Å². The Morgan fingerprint density at radius 1 is 1.30 bits per heavy atom. The Hall–Kier alpha value is -2.40. The fraction of sp³-hybridized carbons (Fsp3) is 0.0667. The van der Waals surface area contributed by atoms with Crippen LogP contribution >= 0.6 is 11.3 Å². The van der Waals surface area contributed by atoms with Crippen LogP contribution in [0.1, 0.15) is 16.1 Å². The second-order valence-corrected chi connectivity index (χ2v) is 4.97. The predicted molar refractivity (Wildman–Crippen MR) is 79.4 cm³/mol. The van der Waals surface area contributed by atoms with Gasteiger partial charge in [-0.1, -0.05) is 36.4 Å². The van der Waals surface area contributed by atoms with Gasteiger partial charge < -0.3 is 4.74 Å². The van der Waals surface area contributed by atoms with Crippen molar-refractivity contribution in [2.24, 2.45) is 0 Å². The Balaban J connectivity index is 1.69. The number of thiazole rings is 1. The summed E-state index contributed by atoms with van der Waals surface area (Å²) < 4.78 is 7.28. The molecule has 3 rings (SSSR count). The molecule has 0 N–H and O–H groups in total. The summed E-state index contributed by atoms with van der Waals surface area (Å²) in [6.07, 6.45) is 6.45. The first-order chi connectivity index (χ1) is 9.88. The number of benzene rings is 1. The number of aromatic nitrogens is 2. The Bertz CT molecular complexity index is 744. The number of carbonyl (C=O) groups is 1. The number of rotatable bonds is 5. The monoisotopic (exact) mass is 284 g/mol. The van der Waals surface area contributed by atoms with Crippen molar-refractivity contribution >= 4 is 28.7 Å². The lowest BCUT2D eigenvalue weighted by molar-refractivity contribution is 0.111. The molecule has 100 valence electrons. The number of fused-ring (bicyclic) bond motifs is 1. The van der Waals surface area contributed by atoms with Crippen molar-refractivity contribution in [2.75, 3.05) is 6.61 Å². The van der Waals surface area contributed by atoms with Gasteiger partial charge in [-0.15, -0.1) is 11.3 Å². The highest BCUT2D eigenvalue weighted by atomic mass is 32.1. The summed E-state index contributed by atoms with van der Waals surface area (Å²) in [5, 5.41) is 1.88. The summed E-state index contributed by atoms with van der Waals surface area (Å²) in [6, 6.07) is 9.96. The molecule has 0 atom stereocenters. The van der Waals surface area contributed by atoms with Gasteiger partial charge in [0.15, 0.2) is 16.9 Å². The third kappa shape index (κ3) is 2.48. The van der Waals surface area contributed by atoms with Crippen molar-refractivity contribution < 1.29 is 9.53 Å². The van der Waals surface area contributed by atoms with E-state index in [-0.39, 0.29) is 0 Å². The van der Waals surface area contributed by atoms with Crippen LogP contribution in [0.5, 0.6) is 5.88 Å². The first-order valence-corrected chi connectivity index (χ1v) is 7.01. The molecule has 2 heterocycles. The Morgan fingerprint density at radius 3 is 2.95 bits per heavy atom. The van der Waals surface area contributed by atoms with Crippen molar-refractivity contribution in [3.63, 3.8) is 0 Å². The van der Waals surface area contributed by atoms with Gasteiger partial charge in [0, 0.05) is 11.6 Å². The first-order valence-electron chi connectivity index (χ1n) is 6.13. The number of aldehydes is 1. The average molecular weight is 284 g/mol. The molecule has 1 aromatic carbocycles. The van der Waals surface area contributed by atoms with Crippen LogP contribution in [0, 0.1) is 0 Å². The highest BCUT2D eigenvalue weighted by Gasteiger charge is 2.12. The normalized spacial score (nSPS) is 11.2. The van der Waals surface area contributed by atoms with E-state index in [1.165, 1.54) is 11.3 Å². The molecule has 0 aliphatic rings. The highest BCUT2D eigenvalue weighted by molar-refractivity contribution is 7.15. The standard InChI is InChI=1S/C15H12N2O2S/c18-11-13-14(16-15-17(13)8-10-20-15)19-9-4-7-12-5-2-1-3-6-12/h1-8,10-11H,9H2/b7-4+. The van der Waals surface area contributed by atoms with E-state index in [0.29, 0.717) is 18.2 Å². The van der Waals surface area contributed by atoms with Crippen molar-refractivity contribution in [3.05, 3.63) is 59.2 Å². The van der Waals surface area contributed by atoms with E-state index in [1.807, 2.05) is 54.1 Å². The van der Waals surface area contributed by atoms with E-state index < -0.39 is 0 Å². The highest BCUT2D eigenvalue weighted by Crippen LogP contribution is 2.21. The minimum Gasteiger partial charge on any atom is -0.472 e. The zero-order valence-electron chi connectivity index (χ0n) is 10.6. The molecular formula is C15H12N2O2S. The smallest absolute Gasteiger partial charge is 0.244 e. The van der Waals surface area contributed by atoms with E-state index in [1.54, 1.807) is 4.40 Å². The fourth-order valence-corrected chi connectivity index (χ4v) is 2.58. The maximum atomic E-state index is 11.1. The van der Waals surface area contributed by atoms with Gasteiger partial charge in [0.2, 0.25) is 5.88 Å². The molecule has 5 heteroatoms. The van der Waals surface area contributed by atoms with Crippen LogP contribution in [-0.2, 0) is 0 Å². The molecule has 3 aromatic rings. The van der Waals surface area contributed by atoms with E-state index in [2.05, 4.69) is 4.98 Å². The van der Waals surface area contributed by atoms with Crippen molar-refractivity contribution in [1.82, 2.24) is 9.38 Å². The molecule has 0 amide bonds. The summed E-state index contributed by atoms with van der Waals surface area (Å²) in [5.41, 5.74) is 1.56. The van der Waals surface area contributed by atoms with Crippen LogP contribution in [0.4, 0.5) is 0 Å². The molecule has 20 heavy (non-hydrogen) atoms. The molecule has 0 aliphatic heterocycles. The summed E-state index contributed by atoms with van der Waals surface area (Å²) in [7, 11) is 0. The van der Waals surface area contributed by atoms with Crippen molar-refractivity contribution in [3.8, 4) is 5.88 Å². The molecule has 0 aliphatic carbocycles. The summed E-state index contributed by atoms with van der Waals surface area (Å²) in [4.78, 5) is 16.1. The number of ether oxygens (including phenoxy) is 1. The molecule has 0 fully saturated rings. The van der Waals surface area contributed by atoms with Crippen LogP contribution in [-0.4, -0.2) is 22.3 Å². The lowest BCUT2D eigenvalue weighted by atomic mass is 10.2. The van der Waals surface area contributed by atoms with E-state index >= 15 is 0 Å². The van der Waals surface area contributed by atoms with E-state index in [9.17, 15) is 4.79 Å². The fourth-order valence-electron chi connectivity index (χ4n) is 1.87. The third-order valence-corrected chi connectivity index (χ3v) is 3.56. The summed E-state index contributed by atoms with van der Waals surface area (Å²) in [5.74, 6) is 0.379. The lowest BCUT2D eigenvalue weighted by Gasteiger charge is -1.99. The molecule has 0 bridgehead atoms. The minimum absolute atomic E-state index is 0.376. The van der Waals surface area contributed by atoms with Crippen LogP contribution < -0.4 is 4.74 Å². The Labute approximate surface area is 120 Å². The van der Waals surface area contributed by atoms with E-state index in [0.717, 1.165) is 16.8 Å². The van der Waals surface area contributed by atoms with Crippen molar-refractivity contribution in [1.29, 1.82) is 0 Å². The average Bonchev–Trinajstić information content (AvgIpc) is 3.05. The quantitative estimate of drug-likeness (QED) is 0.675. The van der Waals surface area contributed by atoms with Crippen LogP contribution in [0.15, 0.2) is 48.0 Å². The SMILES string of the molecule is O=Cc1c(OC/C=C/c2ccccc2)nc2sccn12. The second-order valence-electron chi connectivity index (χ2n) is 4.10.